The minimum absolute atomic E-state index is 0. The van der Waals surface area contributed by atoms with E-state index in [1.54, 1.807) is 7.05 Å². The SMILES string of the molecule is CCC(=O)N1CCC(NC(=NC)NCCCc2ccc(N(C)C)cc2)C1.I. The molecule has 0 spiro atoms. The largest absolute Gasteiger partial charge is 0.378 e. The Bertz CT molecular complexity index is 603. The fourth-order valence-electron chi connectivity index (χ4n) is 3.18. The van der Waals surface area contributed by atoms with Gasteiger partial charge in [0.1, 0.15) is 0 Å². The normalized spacial score (nSPS) is 16.7. The highest BCUT2D eigenvalue weighted by Crippen LogP contribution is 2.13. The average molecular weight is 487 g/mol. The molecule has 1 aromatic rings. The number of nitrogens with zero attached hydrogens (tertiary/aromatic N) is 3. The van der Waals surface area contributed by atoms with Gasteiger partial charge >= 0.3 is 0 Å². The summed E-state index contributed by atoms with van der Waals surface area (Å²) in [6.07, 6.45) is 3.65. The number of halogens is 1. The smallest absolute Gasteiger partial charge is 0.222 e. The van der Waals surface area contributed by atoms with Gasteiger partial charge in [-0.2, -0.15) is 0 Å². The first-order chi connectivity index (χ1) is 12.5. The van der Waals surface area contributed by atoms with Crippen molar-refractivity contribution >= 4 is 41.5 Å². The maximum Gasteiger partial charge on any atom is 0.222 e. The molecular weight excluding hydrogens is 453 g/mol. The van der Waals surface area contributed by atoms with Crippen LogP contribution >= 0.6 is 24.0 Å². The van der Waals surface area contributed by atoms with Crippen molar-refractivity contribution in [2.24, 2.45) is 4.99 Å². The standard InChI is InChI=1S/C20H33N5O.HI/c1-5-19(26)25-14-12-17(15-25)23-20(21-2)22-13-6-7-16-8-10-18(11-9-16)24(3)4;/h8-11,17H,5-7,12-15H2,1-4H3,(H2,21,22,23);1H. The summed E-state index contributed by atoms with van der Waals surface area (Å²) in [5, 5.41) is 6.81. The van der Waals surface area contributed by atoms with Crippen molar-refractivity contribution < 1.29 is 4.79 Å². The summed E-state index contributed by atoms with van der Waals surface area (Å²) >= 11 is 0. The van der Waals surface area contributed by atoms with Crippen LogP contribution in [0.25, 0.3) is 0 Å². The van der Waals surface area contributed by atoms with Crippen molar-refractivity contribution in [1.82, 2.24) is 15.5 Å². The molecule has 1 unspecified atom stereocenters. The highest BCUT2D eigenvalue weighted by molar-refractivity contribution is 14.0. The Kier molecular flexibility index (Phi) is 10.5. The van der Waals surface area contributed by atoms with Gasteiger partial charge in [0.2, 0.25) is 5.91 Å². The van der Waals surface area contributed by atoms with E-state index < -0.39 is 0 Å². The number of anilines is 1. The summed E-state index contributed by atoms with van der Waals surface area (Å²) in [6.45, 7) is 4.40. The second-order valence-electron chi connectivity index (χ2n) is 6.99. The van der Waals surface area contributed by atoms with E-state index in [2.05, 4.69) is 58.9 Å². The average Bonchev–Trinajstić information content (AvgIpc) is 3.12. The zero-order valence-corrected chi connectivity index (χ0v) is 19.3. The molecule has 1 atom stereocenters. The molecule has 0 saturated carbocycles. The summed E-state index contributed by atoms with van der Waals surface area (Å²) < 4.78 is 0. The van der Waals surface area contributed by atoms with Crippen LogP contribution in [0.2, 0.25) is 0 Å². The van der Waals surface area contributed by atoms with Gasteiger partial charge in [-0.25, -0.2) is 0 Å². The predicted molar refractivity (Wildman–Crippen MR) is 124 cm³/mol. The quantitative estimate of drug-likeness (QED) is 0.269. The van der Waals surface area contributed by atoms with Gasteiger partial charge < -0.3 is 20.4 Å². The maximum absolute atomic E-state index is 11.8. The molecule has 0 radical (unpaired) electrons. The Hall–Kier alpha value is -1.51. The second kappa shape index (κ2) is 12.0. The minimum atomic E-state index is 0. The number of hydrogen-bond acceptors (Lipinski definition) is 3. The molecule has 2 rings (SSSR count). The number of guanidine groups is 1. The van der Waals surface area contributed by atoms with Gasteiger partial charge in [0.25, 0.3) is 0 Å². The van der Waals surface area contributed by atoms with Gasteiger partial charge in [-0.1, -0.05) is 19.1 Å². The highest BCUT2D eigenvalue weighted by Gasteiger charge is 2.25. The molecule has 0 aromatic heterocycles. The summed E-state index contributed by atoms with van der Waals surface area (Å²) in [4.78, 5) is 20.1. The van der Waals surface area contributed by atoms with Gasteiger partial charge in [0, 0.05) is 58.9 Å². The van der Waals surface area contributed by atoms with E-state index in [-0.39, 0.29) is 35.9 Å². The molecule has 6 nitrogen and oxygen atoms in total. The summed E-state index contributed by atoms with van der Waals surface area (Å²) in [7, 11) is 5.90. The van der Waals surface area contributed by atoms with E-state index in [0.29, 0.717) is 6.42 Å². The number of amides is 1. The van der Waals surface area contributed by atoms with Crippen LogP contribution in [0.1, 0.15) is 31.7 Å². The minimum Gasteiger partial charge on any atom is -0.378 e. The maximum atomic E-state index is 11.8. The van der Waals surface area contributed by atoms with Crippen LogP contribution in [0, 0.1) is 0 Å². The molecule has 1 heterocycles. The van der Waals surface area contributed by atoms with Gasteiger partial charge in [0.15, 0.2) is 5.96 Å². The summed E-state index contributed by atoms with van der Waals surface area (Å²) in [5.74, 6) is 1.06. The number of nitrogens with one attached hydrogen (secondary N) is 2. The van der Waals surface area contributed by atoms with Gasteiger partial charge in [0.05, 0.1) is 0 Å². The number of benzene rings is 1. The van der Waals surface area contributed by atoms with E-state index in [4.69, 9.17) is 0 Å². The van der Waals surface area contributed by atoms with Gasteiger partial charge in [-0.3, -0.25) is 9.79 Å². The molecule has 1 fully saturated rings. The molecule has 1 aliphatic heterocycles. The summed E-state index contributed by atoms with van der Waals surface area (Å²) in [6, 6.07) is 9.00. The van der Waals surface area contributed by atoms with Crippen LogP contribution in [-0.2, 0) is 11.2 Å². The number of aliphatic imine (C=N–C) groups is 1. The number of carbonyl (C=O) groups excluding carboxylic acids is 1. The molecule has 2 N–H and O–H groups in total. The lowest BCUT2D eigenvalue weighted by Crippen LogP contribution is -2.45. The van der Waals surface area contributed by atoms with E-state index in [1.807, 2.05) is 11.8 Å². The monoisotopic (exact) mass is 487 g/mol. The Morgan fingerprint density at radius 3 is 2.59 bits per heavy atom. The number of rotatable bonds is 7. The topological polar surface area (TPSA) is 60.0 Å². The van der Waals surface area contributed by atoms with E-state index in [9.17, 15) is 4.79 Å². The van der Waals surface area contributed by atoms with Crippen molar-refractivity contribution in [1.29, 1.82) is 0 Å². The van der Waals surface area contributed by atoms with Crippen LogP contribution in [-0.4, -0.2) is 63.6 Å². The molecule has 1 aliphatic rings. The third-order valence-electron chi connectivity index (χ3n) is 4.80. The molecule has 1 amide bonds. The van der Waals surface area contributed by atoms with Crippen LogP contribution in [0.3, 0.4) is 0 Å². The first kappa shape index (κ1) is 23.5. The van der Waals surface area contributed by atoms with Crippen molar-refractivity contribution in [3.63, 3.8) is 0 Å². The van der Waals surface area contributed by atoms with Crippen molar-refractivity contribution in [3.8, 4) is 0 Å². The van der Waals surface area contributed by atoms with Gasteiger partial charge in [-0.05, 0) is 37.0 Å². The zero-order chi connectivity index (χ0) is 18.9. The Morgan fingerprint density at radius 2 is 2.00 bits per heavy atom. The van der Waals surface area contributed by atoms with Crippen LogP contribution in [0.15, 0.2) is 29.3 Å². The first-order valence-corrected chi connectivity index (χ1v) is 9.54. The Labute approximate surface area is 180 Å². The lowest BCUT2D eigenvalue weighted by molar-refractivity contribution is -0.129. The first-order valence-electron chi connectivity index (χ1n) is 9.54. The molecule has 27 heavy (non-hydrogen) atoms. The zero-order valence-electron chi connectivity index (χ0n) is 17.0. The Balaban J connectivity index is 0.00000364. The predicted octanol–water partition coefficient (Wildman–Crippen LogP) is 2.48. The molecular formula is C20H34IN5O. The van der Waals surface area contributed by atoms with Crippen LogP contribution < -0.4 is 15.5 Å². The van der Waals surface area contributed by atoms with E-state index in [1.165, 1.54) is 11.3 Å². The molecule has 1 aromatic carbocycles. The van der Waals surface area contributed by atoms with Gasteiger partial charge in [-0.15, -0.1) is 24.0 Å². The third-order valence-corrected chi connectivity index (χ3v) is 4.80. The molecule has 0 aliphatic carbocycles. The lowest BCUT2D eigenvalue weighted by Gasteiger charge is -2.18. The van der Waals surface area contributed by atoms with Crippen molar-refractivity contribution in [3.05, 3.63) is 29.8 Å². The highest BCUT2D eigenvalue weighted by atomic mass is 127. The third kappa shape index (κ3) is 7.56. The van der Waals surface area contributed by atoms with E-state index >= 15 is 0 Å². The fraction of sp³-hybridized carbons (Fsp3) is 0.600. The molecule has 152 valence electrons. The molecule has 0 bridgehead atoms. The molecule has 1 saturated heterocycles. The molecule has 7 heteroatoms. The number of hydrogen-bond donors (Lipinski definition) is 2. The van der Waals surface area contributed by atoms with Crippen LogP contribution in [0.5, 0.6) is 0 Å². The van der Waals surface area contributed by atoms with Crippen molar-refractivity contribution in [2.45, 2.75) is 38.6 Å². The number of likely N-dealkylation sites (tertiary alicyclic amines) is 1. The fourth-order valence-corrected chi connectivity index (χ4v) is 3.18. The van der Waals surface area contributed by atoms with Crippen molar-refractivity contribution in [2.75, 3.05) is 45.7 Å². The lowest BCUT2D eigenvalue weighted by atomic mass is 10.1. The Morgan fingerprint density at radius 1 is 1.30 bits per heavy atom. The second-order valence-corrected chi connectivity index (χ2v) is 6.99. The summed E-state index contributed by atoms with van der Waals surface area (Å²) in [5.41, 5.74) is 2.58. The van der Waals surface area contributed by atoms with Crippen LogP contribution in [0.4, 0.5) is 5.69 Å². The number of aryl methyl sites for hydroxylation is 1. The number of carbonyl (C=O) groups is 1. The van der Waals surface area contributed by atoms with E-state index in [0.717, 1.165) is 44.9 Å².